The molecule has 0 spiro atoms. The fraction of sp³-hybridized carbons (Fsp3) is 0.389. The second-order valence-electron chi connectivity index (χ2n) is 5.75. The third-order valence-electron chi connectivity index (χ3n) is 3.97. The maximum atomic E-state index is 12.9. The molecule has 0 aliphatic heterocycles. The minimum atomic E-state index is -0.0547. The average molecular weight is 344 g/mol. The molecule has 1 aromatic carbocycles. The zero-order valence-electron chi connectivity index (χ0n) is 14.9. The molecule has 2 aromatic rings. The number of thiocarbonyl (C=S) groups is 1. The van der Waals surface area contributed by atoms with Crippen LogP contribution in [-0.4, -0.2) is 47.0 Å². The SMILES string of the molecule is CCN(CC)c1c(C)c(=O)c(-c2ccccc2)nn1C(=S)N(C)C. The van der Waals surface area contributed by atoms with Gasteiger partial charge in [-0.25, -0.2) is 0 Å². The van der Waals surface area contributed by atoms with Gasteiger partial charge in [0.15, 0.2) is 5.11 Å². The average Bonchev–Trinajstić information content (AvgIpc) is 2.59. The molecule has 0 amide bonds. The van der Waals surface area contributed by atoms with Crippen LogP contribution in [0.1, 0.15) is 19.4 Å². The molecule has 6 heteroatoms. The van der Waals surface area contributed by atoms with Gasteiger partial charge in [0.25, 0.3) is 0 Å². The molecule has 0 atom stereocenters. The van der Waals surface area contributed by atoms with E-state index >= 15 is 0 Å². The first kappa shape index (κ1) is 18.1. The molecule has 0 aliphatic carbocycles. The Kier molecular flexibility index (Phi) is 5.72. The lowest BCUT2D eigenvalue weighted by Gasteiger charge is -2.28. The number of nitrogens with zero attached hydrogens (tertiary/aromatic N) is 4. The van der Waals surface area contributed by atoms with Crippen LogP contribution in [0, 0.1) is 6.92 Å². The summed E-state index contributed by atoms with van der Waals surface area (Å²) in [5, 5.41) is 5.17. The van der Waals surface area contributed by atoms with E-state index in [-0.39, 0.29) is 5.43 Å². The Morgan fingerprint density at radius 2 is 1.75 bits per heavy atom. The summed E-state index contributed by atoms with van der Waals surface area (Å²) in [6.07, 6.45) is 0. The van der Waals surface area contributed by atoms with Gasteiger partial charge in [0.2, 0.25) is 5.43 Å². The van der Waals surface area contributed by atoms with E-state index in [2.05, 4.69) is 23.8 Å². The minimum Gasteiger partial charge on any atom is -0.357 e. The van der Waals surface area contributed by atoms with Crippen molar-refractivity contribution in [2.75, 3.05) is 32.1 Å². The van der Waals surface area contributed by atoms with Crippen molar-refractivity contribution in [1.29, 1.82) is 0 Å². The molecule has 0 fully saturated rings. The molecule has 2 rings (SSSR count). The standard InChI is InChI=1S/C18H24N4OS/c1-6-21(7-2)17-13(3)16(23)15(14-11-9-8-10-12-14)19-22(17)18(24)20(4)5/h8-12H,6-7H2,1-5H3. The van der Waals surface area contributed by atoms with Crippen molar-refractivity contribution in [3.63, 3.8) is 0 Å². The Balaban J connectivity index is 2.80. The van der Waals surface area contributed by atoms with Gasteiger partial charge in [0, 0.05) is 38.3 Å². The summed E-state index contributed by atoms with van der Waals surface area (Å²) in [5.41, 5.74) is 1.83. The Bertz CT molecular complexity index is 780. The lowest BCUT2D eigenvalue weighted by Crippen LogP contribution is -2.37. The van der Waals surface area contributed by atoms with E-state index in [1.54, 1.807) is 4.68 Å². The molecule has 1 heterocycles. The van der Waals surface area contributed by atoms with Crippen LogP contribution in [0.3, 0.4) is 0 Å². The van der Waals surface area contributed by atoms with Gasteiger partial charge in [0.05, 0.1) is 0 Å². The summed E-state index contributed by atoms with van der Waals surface area (Å²) in [6.45, 7) is 7.51. The van der Waals surface area contributed by atoms with Gasteiger partial charge in [-0.3, -0.25) is 4.79 Å². The normalized spacial score (nSPS) is 10.5. The molecular weight excluding hydrogens is 320 g/mol. The molecular formula is C18H24N4OS. The van der Waals surface area contributed by atoms with Gasteiger partial charge in [-0.1, -0.05) is 30.3 Å². The van der Waals surface area contributed by atoms with E-state index in [0.717, 1.165) is 24.5 Å². The molecule has 24 heavy (non-hydrogen) atoms. The predicted molar refractivity (Wildman–Crippen MR) is 104 cm³/mol. The van der Waals surface area contributed by atoms with Crippen molar-refractivity contribution in [3.8, 4) is 11.3 Å². The van der Waals surface area contributed by atoms with Crippen molar-refractivity contribution in [1.82, 2.24) is 14.7 Å². The largest absolute Gasteiger partial charge is 0.357 e. The highest BCUT2D eigenvalue weighted by Gasteiger charge is 2.21. The summed E-state index contributed by atoms with van der Waals surface area (Å²) in [4.78, 5) is 16.8. The summed E-state index contributed by atoms with van der Waals surface area (Å²) in [7, 11) is 3.76. The van der Waals surface area contributed by atoms with Crippen molar-refractivity contribution >= 4 is 23.1 Å². The molecule has 0 N–H and O–H groups in total. The van der Waals surface area contributed by atoms with E-state index in [4.69, 9.17) is 12.2 Å². The Morgan fingerprint density at radius 3 is 2.25 bits per heavy atom. The quantitative estimate of drug-likeness (QED) is 0.798. The second kappa shape index (κ2) is 7.57. The molecule has 0 aliphatic rings. The van der Waals surface area contributed by atoms with Crippen LogP contribution >= 0.6 is 12.2 Å². The van der Waals surface area contributed by atoms with E-state index in [0.29, 0.717) is 16.4 Å². The first-order valence-corrected chi connectivity index (χ1v) is 8.49. The lowest BCUT2D eigenvalue weighted by atomic mass is 10.1. The predicted octanol–water partition coefficient (Wildman–Crippen LogP) is 2.76. The molecule has 0 radical (unpaired) electrons. The number of hydrogen-bond acceptors (Lipinski definition) is 4. The van der Waals surface area contributed by atoms with Crippen molar-refractivity contribution in [2.24, 2.45) is 0 Å². The topological polar surface area (TPSA) is 41.4 Å². The highest BCUT2D eigenvalue weighted by molar-refractivity contribution is 7.80. The lowest BCUT2D eigenvalue weighted by molar-refractivity contribution is 0.591. The number of rotatable bonds is 4. The molecule has 0 bridgehead atoms. The van der Waals surface area contributed by atoms with Gasteiger partial charge in [-0.2, -0.15) is 9.78 Å². The van der Waals surface area contributed by atoms with Gasteiger partial charge in [-0.05, 0) is 33.0 Å². The summed E-state index contributed by atoms with van der Waals surface area (Å²) >= 11 is 5.56. The summed E-state index contributed by atoms with van der Waals surface area (Å²) < 4.78 is 1.71. The van der Waals surface area contributed by atoms with Crippen molar-refractivity contribution in [2.45, 2.75) is 20.8 Å². The van der Waals surface area contributed by atoms with Crippen molar-refractivity contribution < 1.29 is 0 Å². The van der Waals surface area contributed by atoms with Crippen LogP contribution in [0.5, 0.6) is 0 Å². The highest BCUT2D eigenvalue weighted by Crippen LogP contribution is 2.21. The fourth-order valence-electron chi connectivity index (χ4n) is 2.63. The zero-order valence-corrected chi connectivity index (χ0v) is 15.7. The molecule has 5 nitrogen and oxygen atoms in total. The molecule has 0 saturated heterocycles. The smallest absolute Gasteiger partial charge is 0.213 e. The maximum absolute atomic E-state index is 12.9. The maximum Gasteiger partial charge on any atom is 0.213 e. The van der Waals surface area contributed by atoms with E-state index < -0.39 is 0 Å². The van der Waals surface area contributed by atoms with E-state index in [1.807, 2.05) is 56.3 Å². The summed E-state index contributed by atoms with van der Waals surface area (Å²) in [5.74, 6) is 0.767. The first-order valence-electron chi connectivity index (χ1n) is 8.08. The summed E-state index contributed by atoms with van der Waals surface area (Å²) in [6, 6.07) is 9.51. The van der Waals surface area contributed by atoms with Gasteiger partial charge in [0.1, 0.15) is 11.5 Å². The Labute approximate surface area is 148 Å². The fourth-order valence-corrected chi connectivity index (χ4v) is 2.76. The van der Waals surface area contributed by atoms with Crippen LogP contribution in [0.15, 0.2) is 35.1 Å². The molecule has 128 valence electrons. The molecule has 0 saturated carbocycles. The van der Waals surface area contributed by atoms with Crippen LogP contribution in [0.2, 0.25) is 0 Å². The van der Waals surface area contributed by atoms with E-state index in [9.17, 15) is 4.79 Å². The molecule has 0 unspecified atom stereocenters. The highest BCUT2D eigenvalue weighted by atomic mass is 32.1. The number of hydrogen-bond donors (Lipinski definition) is 0. The number of benzene rings is 1. The first-order chi connectivity index (χ1) is 11.4. The number of aromatic nitrogens is 2. The third-order valence-corrected chi connectivity index (χ3v) is 4.50. The van der Waals surface area contributed by atoms with E-state index in [1.165, 1.54) is 0 Å². The van der Waals surface area contributed by atoms with Gasteiger partial charge in [-0.15, -0.1) is 0 Å². The zero-order chi connectivity index (χ0) is 17.9. The van der Waals surface area contributed by atoms with Crippen LogP contribution in [0.4, 0.5) is 5.82 Å². The van der Waals surface area contributed by atoms with Crippen molar-refractivity contribution in [3.05, 3.63) is 46.1 Å². The third kappa shape index (κ3) is 3.33. The second-order valence-corrected chi connectivity index (χ2v) is 6.12. The number of anilines is 1. The van der Waals surface area contributed by atoms with Crippen LogP contribution in [-0.2, 0) is 0 Å². The van der Waals surface area contributed by atoms with Crippen LogP contribution < -0.4 is 10.3 Å². The minimum absolute atomic E-state index is 0.0547. The molecule has 1 aromatic heterocycles. The Morgan fingerprint density at radius 1 is 1.17 bits per heavy atom. The monoisotopic (exact) mass is 344 g/mol. The van der Waals surface area contributed by atoms with Gasteiger partial charge >= 0.3 is 0 Å². The Hall–Kier alpha value is -2.21. The van der Waals surface area contributed by atoms with Crippen LogP contribution in [0.25, 0.3) is 11.3 Å². The van der Waals surface area contributed by atoms with Gasteiger partial charge < -0.3 is 9.80 Å².